The van der Waals surface area contributed by atoms with Crippen LogP contribution in [0.4, 0.5) is 0 Å². The van der Waals surface area contributed by atoms with E-state index in [1.165, 1.54) is 12.8 Å². The number of nitrogens with zero attached hydrogens (tertiary/aromatic N) is 1. The average molecular weight is 255 g/mol. The largest absolute Gasteiger partial charge is 0.377 e. The van der Waals surface area contributed by atoms with Gasteiger partial charge in [0.15, 0.2) is 11.1 Å². The van der Waals surface area contributed by atoms with Crippen LogP contribution in [0.1, 0.15) is 25.7 Å². The first-order valence-corrected chi connectivity index (χ1v) is 7.24. The van der Waals surface area contributed by atoms with Gasteiger partial charge >= 0.3 is 0 Å². The lowest BCUT2D eigenvalue weighted by Gasteiger charge is -2.38. The van der Waals surface area contributed by atoms with E-state index in [4.69, 9.17) is 4.74 Å². The number of hydrogen-bond acceptors (Lipinski definition) is 3. The number of ether oxygens (including phenoxy) is 1. The molecule has 0 saturated carbocycles. The second kappa shape index (κ2) is 4.55. The third kappa shape index (κ3) is 2.07. The van der Waals surface area contributed by atoms with Gasteiger partial charge in [-0.1, -0.05) is 6.08 Å². The minimum Gasteiger partial charge on any atom is -0.377 e. The van der Waals surface area contributed by atoms with Gasteiger partial charge in [-0.2, -0.15) is 0 Å². The molecule has 3 aliphatic rings. The Bertz CT molecular complexity index is 389. The van der Waals surface area contributed by atoms with Gasteiger partial charge < -0.3 is 14.2 Å². The summed E-state index contributed by atoms with van der Waals surface area (Å²) in [4.78, 5) is 3.04. The van der Waals surface area contributed by atoms with E-state index in [1.54, 1.807) is 0 Å². The molecule has 0 aromatic rings. The molecule has 4 nitrogen and oxygen atoms in total. The summed E-state index contributed by atoms with van der Waals surface area (Å²) in [6.45, 7) is 1.58. The molecule has 2 heterocycles. The molecule has 2 aliphatic heterocycles. The van der Waals surface area contributed by atoms with Crippen LogP contribution in [-0.4, -0.2) is 39.0 Å². The molecule has 94 valence electrons. The van der Waals surface area contributed by atoms with Gasteiger partial charge in [0.2, 0.25) is 0 Å². The van der Waals surface area contributed by atoms with E-state index >= 15 is 0 Å². The van der Waals surface area contributed by atoms with Crippen molar-refractivity contribution in [2.24, 2.45) is 0 Å². The lowest BCUT2D eigenvalue weighted by molar-refractivity contribution is 0.00504. The number of fused-ring (bicyclic) bond motifs is 2. The van der Waals surface area contributed by atoms with Gasteiger partial charge in [0.25, 0.3) is 0 Å². The number of allylic oxidation sites excluding steroid dienone is 3. The monoisotopic (exact) mass is 255 g/mol. The summed E-state index contributed by atoms with van der Waals surface area (Å²) in [7, 11) is 0. The highest BCUT2D eigenvalue weighted by atomic mass is 32.2. The van der Waals surface area contributed by atoms with Crippen molar-refractivity contribution in [3.8, 4) is 0 Å². The Balaban J connectivity index is 1.85. The molecule has 1 aliphatic carbocycles. The van der Waals surface area contributed by atoms with Crippen LogP contribution in [0.15, 0.2) is 22.8 Å². The van der Waals surface area contributed by atoms with E-state index in [2.05, 4.69) is 11.0 Å². The van der Waals surface area contributed by atoms with Crippen LogP contribution in [0.25, 0.3) is 0 Å². The second-order valence-corrected chi connectivity index (χ2v) is 5.88. The molecule has 0 radical (unpaired) electrons. The van der Waals surface area contributed by atoms with E-state index in [-0.39, 0.29) is 0 Å². The summed E-state index contributed by atoms with van der Waals surface area (Å²) >= 11 is -1.82. The van der Waals surface area contributed by atoms with E-state index in [0.717, 1.165) is 25.3 Å². The molecule has 1 N–H and O–H groups in total. The molecule has 2 bridgehead atoms. The smallest absolute Gasteiger partial charge is 0.182 e. The highest BCUT2D eigenvalue weighted by Gasteiger charge is 2.38. The highest BCUT2D eigenvalue weighted by molar-refractivity contribution is 7.83. The van der Waals surface area contributed by atoms with Crippen molar-refractivity contribution >= 4 is 11.1 Å². The topological polar surface area (TPSA) is 49.8 Å². The van der Waals surface area contributed by atoms with Gasteiger partial charge in [-0.25, -0.2) is 4.21 Å². The molecule has 0 amide bonds. The zero-order chi connectivity index (χ0) is 11.8. The number of hydrogen-bond donors (Lipinski definition) is 1. The van der Waals surface area contributed by atoms with Crippen molar-refractivity contribution in [3.05, 3.63) is 22.8 Å². The Morgan fingerprint density at radius 2 is 2.06 bits per heavy atom. The van der Waals surface area contributed by atoms with Crippen molar-refractivity contribution < 1.29 is 13.5 Å². The zero-order valence-corrected chi connectivity index (χ0v) is 10.5. The van der Waals surface area contributed by atoms with Gasteiger partial charge in [-0.05, 0) is 31.8 Å². The van der Waals surface area contributed by atoms with Crippen molar-refractivity contribution in [1.82, 2.24) is 4.90 Å². The SMILES string of the molecule is O=S(O)C1=CC(N2C3CCC2COC3)=CCC1. The standard InChI is InChI=1S/C12H17NO3S/c14-17(15)12-3-1-2-9(6-12)13-10-4-5-11(13)8-16-7-10/h2,6,10-11H,1,3-5,7-8H2,(H,14,15). The lowest BCUT2D eigenvalue weighted by atomic mass is 10.1. The maximum atomic E-state index is 11.1. The molecule has 0 aromatic heterocycles. The predicted octanol–water partition coefficient (Wildman–Crippen LogP) is 1.63. The quantitative estimate of drug-likeness (QED) is 0.762. The van der Waals surface area contributed by atoms with Crippen molar-refractivity contribution in [1.29, 1.82) is 0 Å². The third-order valence-electron chi connectivity index (χ3n) is 3.82. The van der Waals surface area contributed by atoms with Crippen molar-refractivity contribution in [2.45, 2.75) is 37.8 Å². The summed E-state index contributed by atoms with van der Waals surface area (Å²) in [5.74, 6) is 0. The van der Waals surface area contributed by atoms with Crippen LogP contribution in [0.3, 0.4) is 0 Å². The summed E-state index contributed by atoms with van der Waals surface area (Å²) in [6.07, 6.45) is 8.00. The fourth-order valence-electron chi connectivity index (χ4n) is 3.03. The zero-order valence-electron chi connectivity index (χ0n) is 9.67. The summed E-state index contributed by atoms with van der Waals surface area (Å²) in [6, 6.07) is 0.922. The van der Waals surface area contributed by atoms with Crippen LogP contribution in [0, 0.1) is 0 Å². The Kier molecular flexibility index (Phi) is 3.06. The molecule has 2 fully saturated rings. The molecule has 5 heteroatoms. The van der Waals surface area contributed by atoms with E-state index in [1.807, 2.05) is 6.08 Å². The number of morpholine rings is 1. The van der Waals surface area contributed by atoms with Crippen LogP contribution in [-0.2, 0) is 15.8 Å². The molecule has 17 heavy (non-hydrogen) atoms. The van der Waals surface area contributed by atoms with Gasteiger partial charge in [0.05, 0.1) is 25.3 Å². The van der Waals surface area contributed by atoms with Gasteiger partial charge in [-0.15, -0.1) is 0 Å². The highest BCUT2D eigenvalue weighted by Crippen LogP contribution is 2.35. The van der Waals surface area contributed by atoms with Crippen LogP contribution in [0.2, 0.25) is 0 Å². The first-order valence-electron chi connectivity index (χ1n) is 6.13. The van der Waals surface area contributed by atoms with Crippen LogP contribution < -0.4 is 0 Å². The minimum absolute atomic E-state index is 0.461. The minimum atomic E-state index is -1.82. The first kappa shape index (κ1) is 11.4. The maximum Gasteiger partial charge on any atom is 0.182 e. The third-order valence-corrected chi connectivity index (χ3v) is 4.59. The van der Waals surface area contributed by atoms with E-state index in [9.17, 15) is 8.76 Å². The molecule has 2 saturated heterocycles. The van der Waals surface area contributed by atoms with Crippen LogP contribution >= 0.6 is 0 Å². The van der Waals surface area contributed by atoms with Crippen molar-refractivity contribution in [2.75, 3.05) is 13.2 Å². The van der Waals surface area contributed by atoms with Gasteiger partial charge in [0, 0.05) is 10.6 Å². The Hall–Kier alpha value is -0.650. The van der Waals surface area contributed by atoms with E-state index < -0.39 is 11.1 Å². The summed E-state index contributed by atoms with van der Waals surface area (Å²) in [5.41, 5.74) is 1.13. The van der Waals surface area contributed by atoms with Gasteiger partial charge in [0.1, 0.15) is 0 Å². The normalized spacial score (nSPS) is 34.3. The molecule has 3 rings (SSSR count). The van der Waals surface area contributed by atoms with E-state index in [0.29, 0.717) is 23.4 Å². The van der Waals surface area contributed by atoms with Gasteiger partial charge in [-0.3, -0.25) is 0 Å². The molecule has 3 unspecified atom stereocenters. The Labute approximate surface area is 104 Å². The molecule has 0 aromatic carbocycles. The fraction of sp³-hybridized carbons (Fsp3) is 0.667. The summed E-state index contributed by atoms with van der Waals surface area (Å²) in [5, 5.41) is 0. The first-order chi connectivity index (χ1) is 8.25. The molecular formula is C12H17NO3S. The molecular weight excluding hydrogens is 238 g/mol. The average Bonchev–Trinajstić information content (AvgIpc) is 2.59. The summed E-state index contributed by atoms with van der Waals surface area (Å²) < 4.78 is 25.9. The fourth-order valence-corrected chi connectivity index (χ4v) is 3.54. The predicted molar refractivity (Wildman–Crippen MR) is 65.6 cm³/mol. The maximum absolute atomic E-state index is 11.1. The van der Waals surface area contributed by atoms with Crippen LogP contribution in [0.5, 0.6) is 0 Å². The number of rotatable bonds is 2. The van der Waals surface area contributed by atoms with Crippen molar-refractivity contribution in [3.63, 3.8) is 0 Å². The lowest BCUT2D eigenvalue weighted by Crippen LogP contribution is -2.44. The Morgan fingerprint density at radius 1 is 1.35 bits per heavy atom. The second-order valence-electron chi connectivity index (χ2n) is 4.86. The molecule has 0 spiro atoms. The Morgan fingerprint density at radius 3 is 2.71 bits per heavy atom. The molecule has 3 atom stereocenters.